The van der Waals surface area contributed by atoms with E-state index in [-0.39, 0.29) is 30.7 Å². The van der Waals surface area contributed by atoms with Crippen molar-refractivity contribution in [1.29, 1.82) is 0 Å². The Hall–Kier alpha value is -3.35. The first-order valence-electron chi connectivity index (χ1n) is 8.48. The van der Waals surface area contributed by atoms with Crippen LogP contribution in [-0.2, 0) is 14.4 Å². The van der Waals surface area contributed by atoms with E-state index in [2.05, 4.69) is 10.6 Å². The van der Waals surface area contributed by atoms with Gasteiger partial charge in [0.15, 0.2) is 0 Å². The molecular weight excluding hydrogens is 346 g/mol. The van der Waals surface area contributed by atoms with Crippen molar-refractivity contribution in [3.05, 3.63) is 48.5 Å². The molecule has 27 heavy (non-hydrogen) atoms. The van der Waals surface area contributed by atoms with Gasteiger partial charge in [0.25, 0.3) is 0 Å². The Morgan fingerprint density at radius 1 is 0.889 bits per heavy atom. The van der Waals surface area contributed by atoms with Gasteiger partial charge < -0.3 is 20.3 Å². The SMILES string of the molecule is COc1ccc(NC(=O)CCN(C(C)=O)c2ccc(NC(C)=O)cc2)cc1. The van der Waals surface area contributed by atoms with Crippen LogP contribution in [0.15, 0.2) is 48.5 Å². The maximum Gasteiger partial charge on any atom is 0.226 e. The van der Waals surface area contributed by atoms with E-state index < -0.39 is 0 Å². The fraction of sp³-hybridized carbons (Fsp3) is 0.250. The largest absolute Gasteiger partial charge is 0.497 e. The summed E-state index contributed by atoms with van der Waals surface area (Å²) < 4.78 is 5.08. The number of carbonyl (C=O) groups is 3. The summed E-state index contributed by atoms with van der Waals surface area (Å²) in [6.07, 6.45) is 0.152. The van der Waals surface area contributed by atoms with Crippen molar-refractivity contribution >= 4 is 34.8 Å². The summed E-state index contributed by atoms with van der Waals surface area (Å²) >= 11 is 0. The number of ether oxygens (including phenoxy) is 1. The van der Waals surface area contributed by atoms with Crippen LogP contribution in [0.1, 0.15) is 20.3 Å². The topological polar surface area (TPSA) is 87.7 Å². The van der Waals surface area contributed by atoms with Gasteiger partial charge in [-0.3, -0.25) is 14.4 Å². The van der Waals surface area contributed by atoms with Gasteiger partial charge in [0.1, 0.15) is 5.75 Å². The first-order chi connectivity index (χ1) is 12.9. The lowest BCUT2D eigenvalue weighted by atomic mass is 10.2. The lowest BCUT2D eigenvalue weighted by Crippen LogP contribution is -2.31. The van der Waals surface area contributed by atoms with E-state index in [1.54, 1.807) is 55.6 Å². The number of benzene rings is 2. The molecule has 0 aliphatic heterocycles. The van der Waals surface area contributed by atoms with E-state index in [1.807, 2.05) is 0 Å². The lowest BCUT2D eigenvalue weighted by Gasteiger charge is -2.21. The third-order valence-electron chi connectivity index (χ3n) is 3.82. The summed E-state index contributed by atoms with van der Waals surface area (Å²) in [5, 5.41) is 5.46. The molecule has 0 heterocycles. The summed E-state index contributed by atoms with van der Waals surface area (Å²) in [5.41, 5.74) is 1.97. The molecule has 7 heteroatoms. The van der Waals surface area contributed by atoms with Gasteiger partial charge in [0.05, 0.1) is 7.11 Å². The summed E-state index contributed by atoms with van der Waals surface area (Å²) in [5.74, 6) is 0.181. The van der Waals surface area contributed by atoms with E-state index in [0.29, 0.717) is 22.8 Å². The molecule has 0 aromatic heterocycles. The van der Waals surface area contributed by atoms with Crippen LogP contribution in [0, 0.1) is 0 Å². The normalized spacial score (nSPS) is 10.0. The fourth-order valence-electron chi connectivity index (χ4n) is 2.51. The van der Waals surface area contributed by atoms with Crippen molar-refractivity contribution in [2.75, 3.05) is 29.2 Å². The monoisotopic (exact) mass is 369 g/mol. The molecular formula is C20H23N3O4. The first-order valence-corrected chi connectivity index (χ1v) is 8.48. The Labute approximate surface area is 158 Å². The van der Waals surface area contributed by atoms with E-state index in [0.717, 1.165) is 0 Å². The van der Waals surface area contributed by atoms with Crippen molar-refractivity contribution in [1.82, 2.24) is 0 Å². The van der Waals surface area contributed by atoms with E-state index >= 15 is 0 Å². The minimum absolute atomic E-state index is 0.152. The number of amides is 3. The maximum absolute atomic E-state index is 12.2. The molecule has 2 aromatic rings. The van der Waals surface area contributed by atoms with Crippen LogP contribution in [0.5, 0.6) is 5.75 Å². The van der Waals surface area contributed by atoms with E-state index in [4.69, 9.17) is 4.74 Å². The highest BCUT2D eigenvalue weighted by molar-refractivity contribution is 5.95. The number of hydrogen-bond acceptors (Lipinski definition) is 4. The van der Waals surface area contributed by atoms with Crippen LogP contribution < -0.4 is 20.3 Å². The quantitative estimate of drug-likeness (QED) is 0.785. The lowest BCUT2D eigenvalue weighted by molar-refractivity contribution is -0.117. The van der Waals surface area contributed by atoms with Crippen molar-refractivity contribution < 1.29 is 19.1 Å². The average molecular weight is 369 g/mol. The van der Waals surface area contributed by atoms with Gasteiger partial charge in [0.2, 0.25) is 17.7 Å². The number of hydrogen-bond donors (Lipinski definition) is 2. The van der Waals surface area contributed by atoms with E-state index in [9.17, 15) is 14.4 Å². The third kappa shape index (κ3) is 6.14. The molecule has 0 fully saturated rings. The van der Waals surface area contributed by atoms with Crippen LogP contribution in [-0.4, -0.2) is 31.4 Å². The van der Waals surface area contributed by atoms with Gasteiger partial charge in [-0.15, -0.1) is 0 Å². The van der Waals surface area contributed by atoms with Crippen molar-refractivity contribution in [3.63, 3.8) is 0 Å². The zero-order valence-corrected chi connectivity index (χ0v) is 15.6. The molecule has 0 spiro atoms. The summed E-state index contributed by atoms with van der Waals surface area (Å²) in [7, 11) is 1.58. The number of anilines is 3. The molecule has 0 saturated heterocycles. The molecule has 0 saturated carbocycles. The fourth-order valence-corrected chi connectivity index (χ4v) is 2.51. The molecule has 3 amide bonds. The molecule has 142 valence electrons. The van der Waals surface area contributed by atoms with E-state index in [1.165, 1.54) is 18.7 Å². The molecule has 0 bridgehead atoms. The third-order valence-corrected chi connectivity index (χ3v) is 3.82. The first kappa shape index (κ1) is 20.0. The van der Waals surface area contributed by atoms with Crippen LogP contribution >= 0.6 is 0 Å². The van der Waals surface area contributed by atoms with Gasteiger partial charge >= 0.3 is 0 Å². The molecule has 0 unspecified atom stereocenters. The smallest absolute Gasteiger partial charge is 0.226 e. The van der Waals surface area contributed by atoms with Crippen LogP contribution in [0.2, 0.25) is 0 Å². The molecule has 7 nitrogen and oxygen atoms in total. The number of carbonyl (C=O) groups excluding carboxylic acids is 3. The van der Waals surface area contributed by atoms with Gasteiger partial charge in [-0.2, -0.15) is 0 Å². The predicted molar refractivity (Wildman–Crippen MR) is 105 cm³/mol. The van der Waals surface area contributed by atoms with Crippen molar-refractivity contribution in [2.45, 2.75) is 20.3 Å². The van der Waals surface area contributed by atoms with Crippen LogP contribution in [0.4, 0.5) is 17.1 Å². The van der Waals surface area contributed by atoms with Crippen molar-refractivity contribution in [3.8, 4) is 5.75 Å². The second-order valence-corrected chi connectivity index (χ2v) is 5.93. The Bertz CT molecular complexity index is 801. The second kappa shape index (κ2) is 9.38. The van der Waals surface area contributed by atoms with Gasteiger partial charge in [-0.25, -0.2) is 0 Å². The summed E-state index contributed by atoms with van der Waals surface area (Å²) in [4.78, 5) is 36.7. The zero-order valence-electron chi connectivity index (χ0n) is 15.6. The standard InChI is InChI=1S/C20H23N3O4/c1-14(24)21-16-4-8-18(9-5-16)23(15(2)25)13-12-20(26)22-17-6-10-19(27-3)11-7-17/h4-11H,12-13H2,1-3H3,(H,21,24)(H,22,26). The van der Waals surface area contributed by atoms with Gasteiger partial charge in [0, 0.05) is 43.9 Å². The predicted octanol–water partition coefficient (Wildman–Crippen LogP) is 3.04. The maximum atomic E-state index is 12.2. The average Bonchev–Trinajstić information content (AvgIpc) is 2.63. The van der Waals surface area contributed by atoms with Crippen LogP contribution in [0.25, 0.3) is 0 Å². The summed E-state index contributed by atoms with van der Waals surface area (Å²) in [6, 6.07) is 13.9. The highest BCUT2D eigenvalue weighted by atomic mass is 16.5. The van der Waals surface area contributed by atoms with Crippen LogP contribution in [0.3, 0.4) is 0 Å². The van der Waals surface area contributed by atoms with Gasteiger partial charge in [-0.05, 0) is 48.5 Å². The summed E-state index contributed by atoms with van der Waals surface area (Å²) in [6.45, 7) is 3.12. The molecule has 0 aliphatic rings. The van der Waals surface area contributed by atoms with Crippen molar-refractivity contribution in [2.24, 2.45) is 0 Å². The molecule has 0 radical (unpaired) electrons. The molecule has 2 aromatic carbocycles. The highest BCUT2D eigenvalue weighted by Gasteiger charge is 2.14. The molecule has 2 rings (SSSR count). The number of methoxy groups -OCH3 is 1. The Morgan fingerprint density at radius 2 is 1.44 bits per heavy atom. The Morgan fingerprint density at radius 3 is 1.96 bits per heavy atom. The minimum atomic E-state index is -0.193. The molecule has 0 atom stereocenters. The Balaban J connectivity index is 1.96. The number of nitrogens with zero attached hydrogens (tertiary/aromatic N) is 1. The second-order valence-electron chi connectivity index (χ2n) is 5.93. The molecule has 2 N–H and O–H groups in total. The number of rotatable bonds is 7. The number of nitrogens with one attached hydrogen (secondary N) is 2. The highest BCUT2D eigenvalue weighted by Crippen LogP contribution is 2.19. The Kier molecular flexibility index (Phi) is 6.93. The minimum Gasteiger partial charge on any atom is -0.497 e. The van der Waals surface area contributed by atoms with Gasteiger partial charge in [-0.1, -0.05) is 0 Å². The molecule has 0 aliphatic carbocycles. The zero-order chi connectivity index (χ0) is 19.8.